The molecule has 1 aromatic carbocycles. The zero-order valence-electron chi connectivity index (χ0n) is 8.89. The quantitative estimate of drug-likeness (QED) is 0.663. The van der Waals surface area contributed by atoms with E-state index in [2.05, 4.69) is 21.4 Å². The van der Waals surface area contributed by atoms with E-state index in [1.807, 2.05) is 0 Å². The minimum atomic E-state index is -4.35. The van der Waals surface area contributed by atoms with Crippen LogP contribution >= 0.6 is 15.9 Å². The molecule has 0 radical (unpaired) electrons. The molecule has 17 heavy (non-hydrogen) atoms. The van der Waals surface area contributed by atoms with E-state index in [1.165, 1.54) is 6.07 Å². The largest absolute Gasteiger partial charge is 0.417 e. The number of nitrogens with one attached hydrogen (secondary N) is 1. The van der Waals surface area contributed by atoms with Crippen molar-refractivity contribution in [2.45, 2.75) is 25.1 Å². The normalized spacial score (nSPS) is 18.2. The second-order valence-electron chi connectivity index (χ2n) is 4.22. The van der Waals surface area contributed by atoms with Gasteiger partial charge in [0.1, 0.15) is 0 Å². The minimum absolute atomic E-state index is 0.0559. The van der Waals surface area contributed by atoms with Crippen LogP contribution in [0.15, 0.2) is 22.7 Å². The second-order valence-corrected chi connectivity index (χ2v) is 5.07. The number of halogens is 4. The van der Waals surface area contributed by atoms with E-state index in [9.17, 15) is 13.2 Å². The van der Waals surface area contributed by atoms with E-state index in [4.69, 9.17) is 5.84 Å². The molecule has 6 heteroatoms. The summed E-state index contributed by atoms with van der Waals surface area (Å²) in [4.78, 5) is 0. The maximum atomic E-state index is 12.7. The summed E-state index contributed by atoms with van der Waals surface area (Å²) in [6, 6.07) is 4.06. The smallest absolute Gasteiger partial charge is 0.271 e. The van der Waals surface area contributed by atoms with E-state index in [0.717, 1.165) is 18.9 Å². The van der Waals surface area contributed by atoms with Crippen molar-refractivity contribution in [1.82, 2.24) is 5.43 Å². The predicted molar refractivity (Wildman–Crippen MR) is 61.9 cm³/mol. The Bertz CT molecular complexity index is 416. The molecule has 2 nitrogen and oxygen atoms in total. The van der Waals surface area contributed by atoms with Gasteiger partial charge in [0, 0.05) is 10.5 Å². The third-order valence-electron chi connectivity index (χ3n) is 2.93. The molecule has 1 aliphatic carbocycles. The van der Waals surface area contributed by atoms with Crippen LogP contribution < -0.4 is 11.3 Å². The van der Waals surface area contributed by atoms with Crippen LogP contribution in [0.2, 0.25) is 0 Å². The zero-order valence-corrected chi connectivity index (χ0v) is 10.5. The van der Waals surface area contributed by atoms with Crippen LogP contribution in [0, 0.1) is 5.92 Å². The van der Waals surface area contributed by atoms with Crippen molar-refractivity contribution in [3.8, 4) is 0 Å². The maximum Gasteiger partial charge on any atom is 0.417 e. The third kappa shape index (κ3) is 2.81. The first kappa shape index (κ1) is 12.9. The first-order chi connectivity index (χ1) is 7.93. The number of benzene rings is 1. The number of hydrazine groups is 1. The molecule has 2 rings (SSSR count). The van der Waals surface area contributed by atoms with Gasteiger partial charge in [0.15, 0.2) is 0 Å². The summed E-state index contributed by atoms with van der Waals surface area (Å²) >= 11 is 2.92. The molecule has 1 aliphatic rings. The van der Waals surface area contributed by atoms with E-state index in [-0.39, 0.29) is 10.5 Å². The molecule has 1 fully saturated rings. The molecule has 1 unspecified atom stereocenters. The van der Waals surface area contributed by atoms with Crippen LogP contribution in [0.25, 0.3) is 0 Å². The molecule has 1 saturated carbocycles. The molecule has 0 aliphatic heterocycles. The van der Waals surface area contributed by atoms with Crippen LogP contribution in [-0.4, -0.2) is 0 Å². The van der Waals surface area contributed by atoms with Crippen LogP contribution in [0.4, 0.5) is 13.2 Å². The van der Waals surface area contributed by atoms with Gasteiger partial charge in [-0.2, -0.15) is 13.2 Å². The highest BCUT2D eigenvalue weighted by Crippen LogP contribution is 2.43. The number of rotatable bonds is 3. The maximum absolute atomic E-state index is 12.7. The molecule has 0 heterocycles. The summed E-state index contributed by atoms with van der Waals surface area (Å²) in [5.41, 5.74) is 2.53. The number of hydrogen-bond donors (Lipinski definition) is 2. The summed E-state index contributed by atoms with van der Waals surface area (Å²) in [6.45, 7) is 0. The van der Waals surface area contributed by atoms with Crippen LogP contribution in [0.1, 0.15) is 30.0 Å². The Kier molecular flexibility index (Phi) is 3.47. The molecule has 0 bridgehead atoms. The Hall–Kier alpha value is -0.590. The molecule has 0 spiro atoms. The Morgan fingerprint density at radius 3 is 2.47 bits per heavy atom. The molecule has 1 aromatic rings. The van der Waals surface area contributed by atoms with Crippen LogP contribution in [0.3, 0.4) is 0 Å². The molecule has 0 amide bonds. The van der Waals surface area contributed by atoms with E-state index in [0.29, 0.717) is 11.5 Å². The number of alkyl halides is 3. The van der Waals surface area contributed by atoms with Gasteiger partial charge in [-0.1, -0.05) is 22.0 Å². The van der Waals surface area contributed by atoms with Crippen molar-refractivity contribution in [3.05, 3.63) is 33.8 Å². The first-order valence-electron chi connectivity index (χ1n) is 5.26. The highest BCUT2D eigenvalue weighted by atomic mass is 79.9. The van der Waals surface area contributed by atoms with Crippen molar-refractivity contribution in [1.29, 1.82) is 0 Å². The summed E-state index contributed by atoms with van der Waals surface area (Å²) in [5.74, 6) is 5.75. The fraction of sp³-hybridized carbons (Fsp3) is 0.455. The van der Waals surface area contributed by atoms with Gasteiger partial charge in [-0.15, -0.1) is 0 Å². The van der Waals surface area contributed by atoms with Crippen molar-refractivity contribution in [3.63, 3.8) is 0 Å². The molecular formula is C11H12BrF3N2. The lowest BCUT2D eigenvalue weighted by atomic mass is 10.0. The molecule has 0 saturated heterocycles. The molecule has 94 valence electrons. The lowest BCUT2D eigenvalue weighted by Crippen LogP contribution is -2.29. The third-order valence-corrected chi connectivity index (χ3v) is 3.62. The average molecular weight is 309 g/mol. The Labute approximate surface area is 105 Å². The van der Waals surface area contributed by atoms with E-state index in [1.54, 1.807) is 6.07 Å². The van der Waals surface area contributed by atoms with Gasteiger partial charge in [-0.05, 0) is 36.5 Å². The highest BCUT2D eigenvalue weighted by molar-refractivity contribution is 9.10. The summed E-state index contributed by atoms with van der Waals surface area (Å²) in [5, 5.41) is 0. The minimum Gasteiger partial charge on any atom is -0.271 e. The Morgan fingerprint density at radius 1 is 1.35 bits per heavy atom. The van der Waals surface area contributed by atoms with Crippen molar-refractivity contribution < 1.29 is 13.2 Å². The van der Waals surface area contributed by atoms with Gasteiger partial charge >= 0.3 is 6.18 Å². The van der Waals surface area contributed by atoms with Gasteiger partial charge in [0.2, 0.25) is 0 Å². The number of nitrogens with two attached hydrogens (primary N) is 1. The number of hydrogen-bond acceptors (Lipinski definition) is 2. The van der Waals surface area contributed by atoms with Crippen LogP contribution in [-0.2, 0) is 6.18 Å². The summed E-state index contributed by atoms with van der Waals surface area (Å²) in [6.07, 6.45) is -2.34. The van der Waals surface area contributed by atoms with Gasteiger partial charge in [0.25, 0.3) is 0 Å². The van der Waals surface area contributed by atoms with Crippen molar-refractivity contribution >= 4 is 15.9 Å². The average Bonchev–Trinajstić information content (AvgIpc) is 3.04. The Balaban J connectivity index is 2.36. The topological polar surface area (TPSA) is 38.0 Å². The molecule has 3 N–H and O–H groups in total. The zero-order chi connectivity index (χ0) is 12.6. The SMILES string of the molecule is NNC(c1ccc(Br)c(C(F)(F)F)c1)C1CC1. The molecule has 0 aromatic heterocycles. The monoisotopic (exact) mass is 308 g/mol. The van der Waals surface area contributed by atoms with Crippen molar-refractivity contribution in [2.24, 2.45) is 11.8 Å². The predicted octanol–water partition coefficient (Wildman–Crippen LogP) is 3.38. The lowest BCUT2D eigenvalue weighted by molar-refractivity contribution is -0.138. The van der Waals surface area contributed by atoms with Gasteiger partial charge in [-0.25, -0.2) is 0 Å². The fourth-order valence-electron chi connectivity index (χ4n) is 1.89. The Morgan fingerprint density at radius 2 is 2.00 bits per heavy atom. The lowest BCUT2D eigenvalue weighted by Gasteiger charge is -2.18. The summed E-state index contributed by atoms with van der Waals surface area (Å²) in [7, 11) is 0. The first-order valence-corrected chi connectivity index (χ1v) is 6.05. The highest BCUT2D eigenvalue weighted by Gasteiger charge is 2.36. The standard InChI is InChI=1S/C11H12BrF3N2/c12-9-4-3-7(5-8(9)11(13,14)15)10(17-16)6-1-2-6/h3-6,10,17H,1-2,16H2. The van der Waals surface area contributed by atoms with E-state index >= 15 is 0 Å². The van der Waals surface area contributed by atoms with Gasteiger partial charge in [-0.3, -0.25) is 11.3 Å². The second kappa shape index (κ2) is 4.59. The summed E-state index contributed by atoms with van der Waals surface area (Å²) < 4.78 is 38.2. The molecular weight excluding hydrogens is 297 g/mol. The van der Waals surface area contributed by atoms with Crippen LogP contribution in [0.5, 0.6) is 0 Å². The van der Waals surface area contributed by atoms with Gasteiger partial charge < -0.3 is 0 Å². The molecule has 1 atom stereocenters. The van der Waals surface area contributed by atoms with Gasteiger partial charge in [0.05, 0.1) is 5.56 Å². The fourth-order valence-corrected chi connectivity index (χ4v) is 2.36. The van der Waals surface area contributed by atoms with E-state index < -0.39 is 11.7 Å². The van der Waals surface area contributed by atoms with Crippen molar-refractivity contribution in [2.75, 3.05) is 0 Å².